The average molecular weight is 417 g/mol. The average Bonchev–Trinajstić information content (AvgIpc) is 3.22. The van der Waals surface area contributed by atoms with Gasteiger partial charge in [-0.05, 0) is 30.7 Å². The summed E-state index contributed by atoms with van der Waals surface area (Å²) in [4.78, 5) is 26.0. The Morgan fingerprint density at radius 2 is 1.93 bits per heavy atom. The Balaban J connectivity index is 1.62. The fraction of sp³-hybridized carbons (Fsp3) is 0.300. The topological polar surface area (TPSA) is 94.2 Å². The van der Waals surface area contributed by atoms with Crippen molar-refractivity contribution in [2.75, 3.05) is 12.8 Å². The molecule has 2 aromatic heterocycles. The molecule has 7 nitrogen and oxygen atoms in total. The normalized spacial score (nSPS) is 14.6. The first-order chi connectivity index (χ1) is 14.2. The molecule has 0 aliphatic carbocycles. The predicted octanol–water partition coefficient (Wildman–Crippen LogP) is 3.49. The minimum atomic E-state index is -4.57. The first-order valence-electron chi connectivity index (χ1n) is 9.12. The van der Waals surface area contributed by atoms with Gasteiger partial charge in [0.25, 0.3) is 5.91 Å². The zero-order valence-electron chi connectivity index (χ0n) is 16.2. The van der Waals surface area contributed by atoms with Crippen LogP contribution in [0.15, 0.2) is 30.6 Å². The van der Waals surface area contributed by atoms with E-state index in [1.807, 2.05) is 0 Å². The fourth-order valence-electron chi connectivity index (χ4n) is 3.38. The number of carbonyl (C=O) groups is 1. The number of alkyl halides is 3. The number of nitrogen functional groups attached to an aromatic ring is 1. The Morgan fingerprint density at radius 1 is 1.20 bits per heavy atom. The zero-order valence-corrected chi connectivity index (χ0v) is 16.2. The summed E-state index contributed by atoms with van der Waals surface area (Å²) < 4.78 is 43.5. The van der Waals surface area contributed by atoms with Crippen molar-refractivity contribution in [3.8, 4) is 0 Å². The van der Waals surface area contributed by atoms with Gasteiger partial charge in [0.2, 0.25) is 0 Å². The van der Waals surface area contributed by atoms with E-state index in [4.69, 9.17) is 10.5 Å². The minimum absolute atomic E-state index is 0.253. The third kappa shape index (κ3) is 3.43. The Hall–Kier alpha value is -3.27. The van der Waals surface area contributed by atoms with Gasteiger partial charge in [0.1, 0.15) is 5.82 Å². The highest BCUT2D eigenvalue weighted by Gasteiger charge is 2.33. The lowest BCUT2D eigenvalue weighted by Crippen LogP contribution is -2.30. The number of rotatable bonds is 3. The molecule has 2 N–H and O–H groups in total. The van der Waals surface area contributed by atoms with Gasteiger partial charge in [-0.3, -0.25) is 9.78 Å². The third-order valence-corrected chi connectivity index (χ3v) is 5.27. The summed E-state index contributed by atoms with van der Waals surface area (Å²) in [5.74, 6) is 0.108. The molecular weight excluding hydrogens is 399 g/mol. The van der Waals surface area contributed by atoms with Crippen LogP contribution < -0.4 is 5.73 Å². The molecule has 0 fully saturated rings. The number of ether oxygens (including phenoxy) is 1. The lowest BCUT2D eigenvalue weighted by molar-refractivity contribution is -0.141. The van der Waals surface area contributed by atoms with E-state index in [2.05, 4.69) is 15.0 Å². The molecule has 1 atom stereocenters. The predicted molar refractivity (Wildman–Crippen MR) is 102 cm³/mol. The molecule has 30 heavy (non-hydrogen) atoms. The highest BCUT2D eigenvalue weighted by molar-refractivity contribution is 5.99. The molecule has 0 unspecified atom stereocenters. The number of pyridine rings is 1. The van der Waals surface area contributed by atoms with Gasteiger partial charge in [-0.1, -0.05) is 0 Å². The van der Waals surface area contributed by atoms with E-state index in [1.54, 1.807) is 32.2 Å². The van der Waals surface area contributed by atoms with Gasteiger partial charge in [-0.25, -0.2) is 9.97 Å². The van der Waals surface area contributed by atoms with E-state index in [9.17, 15) is 18.0 Å². The van der Waals surface area contributed by atoms with Crippen molar-refractivity contribution in [1.82, 2.24) is 19.9 Å². The van der Waals surface area contributed by atoms with Crippen LogP contribution in [0.3, 0.4) is 0 Å². The number of hydrogen-bond acceptors (Lipinski definition) is 6. The molecule has 3 heterocycles. The molecule has 0 spiro atoms. The van der Waals surface area contributed by atoms with Crippen LogP contribution in [-0.4, -0.2) is 32.8 Å². The third-order valence-electron chi connectivity index (χ3n) is 5.27. The number of nitrogens with zero attached hydrogens (tertiary/aromatic N) is 4. The van der Waals surface area contributed by atoms with E-state index >= 15 is 0 Å². The van der Waals surface area contributed by atoms with Gasteiger partial charge in [-0.2, -0.15) is 13.2 Å². The summed E-state index contributed by atoms with van der Waals surface area (Å²) in [6, 6.07) is 4.51. The van der Waals surface area contributed by atoms with Crippen LogP contribution >= 0.6 is 0 Å². The summed E-state index contributed by atoms with van der Waals surface area (Å²) in [6.07, 6.45) is -2.86. The summed E-state index contributed by atoms with van der Waals surface area (Å²) in [7, 11) is 1.56. The second kappa shape index (κ2) is 7.21. The second-order valence-corrected chi connectivity index (χ2v) is 7.10. The maximum absolute atomic E-state index is 13.0. The summed E-state index contributed by atoms with van der Waals surface area (Å²) in [5.41, 5.74) is 7.97. The highest BCUT2D eigenvalue weighted by atomic mass is 19.4. The first kappa shape index (κ1) is 20.0. The van der Waals surface area contributed by atoms with Crippen molar-refractivity contribution in [3.63, 3.8) is 0 Å². The maximum atomic E-state index is 13.0. The molecule has 0 saturated heterocycles. The van der Waals surface area contributed by atoms with E-state index in [1.165, 1.54) is 4.90 Å². The van der Waals surface area contributed by atoms with Crippen molar-refractivity contribution in [2.45, 2.75) is 32.4 Å². The standard InChI is InChI=1S/C20H18F3N5O2/c1-10(16-6-26-17(7-25-16)20(21,22)23)28(2)19(29)11-3-4-15-12(5-11)13-8-30-9-14(13)18(24)27-15/h3-7,10H,8-9H2,1-2H3,(H2,24,27)/t10-/m1/s1. The molecule has 3 aromatic rings. The van der Waals surface area contributed by atoms with Gasteiger partial charge >= 0.3 is 6.18 Å². The number of amides is 1. The molecular formula is C20H18F3N5O2. The summed E-state index contributed by atoms with van der Waals surface area (Å²) >= 11 is 0. The van der Waals surface area contributed by atoms with Crippen LogP contribution in [0.5, 0.6) is 0 Å². The molecule has 1 aliphatic heterocycles. The molecule has 1 amide bonds. The van der Waals surface area contributed by atoms with E-state index in [-0.39, 0.29) is 11.6 Å². The minimum Gasteiger partial charge on any atom is -0.383 e. The smallest absolute Gasteiger partial charge is 0.383 e. The Labute approximate surface area is 169 Å². The van der Waals surface area contributed by atoms with Crippen LogP contribution in [0.2, 0.25) is 0 Å². The van der Waals surface area contributed by atoms with E-state index < -0.39 is 17.9 Å². The van der Waals surface area contributed by atoms with E-state index in [0.717, 1.165) is 22.7 Å². The molecule has 4 rings (SSSR count). The van der Waals surface area contributed by atoms with Crippen molar-refractivity contribution in [1.29, 1.82) is 0 Å². The first-order valence-corrected chi connectivity index (χ1v) is 9.12. The van der Waals surface area contributed by atoms with Gasteiger partial charge < -0.3 is 15.4 Å². The van der Waals surface area contributed by atoms with Crippen molar-refractivity contribution >= 4 is 22.6 Å². The monoisotopic (exact) mass is 417 g/mol. The number of aromatic nitrogens is 3. The second-order valence-electron chi connectivity index (χ2n) is 7.10. The number of fused-ring (bicyclic) bond motifs is 3. The number of benzene rings is 1. The number of nitrogens with two attached hydrogens (primary N) is 1. The molecule has 1 aromatic carbocycles. The van der Waals surface area contributed by atoms with Crippen LogP contribution in [0, 0.1) is 0 Å². The van der Waals surface area contributed by atoms with Gasteiger partial charge in [0.05, 0.1) is 42.9 Å². The lowest BCUT2D eigenvalue weighted by atomic mass is 10.0. The highest BCUT2D eigenvalue weighted by Crippen LogP contribution is 2.32. The number of anilines is 1. The van der Waals surface area contributed by atoms with Crippen LogP contribution in [-0.2, 0) is 24.1 Å². The largest absolute Gasteiger partial charge is 0.434 e. The molecule has 156 valence electrons. The van der Waals surface area contributed by atoms with Gasteiger partial charge in [-0.15, -0.1) is 0 Å². The van der Waals surface area contributed by atoms with Crippen LogP contribution in [0.25, 0.3) is 10.9 Å². The van der Waals surface area contributed by atoms with Crippen molar-refractivity contribution < 1.29 is 22.7 Å². The molecule has 1 aliphatic rings. The van der Waals surface area contributed by atoms with Gasteiger partial charge in [0.15, 0.2) is 5.69 Å². The fourth-order valence-corrected chi connectivity index (χ4v) is 3.38. The molecule has 0 bridgehead atoms. The Bertz CT molecular complexity index is 1130. The number of carbonyl (C=O) groups excluding carboxylic acids is 1. The zero-order chi connectivity index (χ0) is 21.6. The lowest BCUT2D eigenvalue weighted by Gasteiger charge is -2.24. The quantitative estimate of drug-likeness (QED) is 0.701. The summed E-state index contributed by atoms with van der Waals surface area (Å²) in [6.45, 7) is 2.44. The van der Waals surface area contributed by atoms with Crippen molar-refractivity contribution in [3.05, 3.63) is 58.7 Å². The Morgan fingerprint density at radius 3 is 2.60 bits per heavy atom. The number of halogens is 3. The van der Waals surface area contributed by atoms with E-state index in [0.29, 0.717) is 36.3 Å². The molecule has 0 saturated carbocycles. The number of hydrogen-bond donors (Lipinski definition) is 1. The SMILES string of the molecule is C[C@H](c1cnc(C(F)(F)F)cn1)N(C)C(=O)c1ccc2nc(N)c3c(c2c1)COC3. The molecule has 10 heteroatoms. The van der Waals surface area contributed by atoms with Crippen LogP contribution in [0.1, 0.15) is 45.8 Å². The van der Waals surface area contributed by atoms with Crippen LogP contribution in [0.4, 0.5) is 19.0 Å². The Kier molecular flexibility index (Phi) is 4.81. The van der Waals surface area contributed by atoms with Crippen molar-refractivity contribution in [2.24, 2.45) is 0 Å². The summed E-state index contributed by atoms with van der Waals surface area (Å²) in [5, 5.41) is 0.790. The maximum Gasteiger partial charge on any atom is 0.434 e. The van der Waals surface area contributed by atoms with Gasteiger partial charge in [0, 0.05) is 23.6 Å². The molecule has 0 radical (unpaired) electrons.